The molecule has 16 heavy (non-hydrogen) atoms. The molecular weight excluding hydrogens is 204 g/mol. The lowest BCUT2D eigenvalue weighted by Crippen LogP contribution is -2.22. The number of ether oxygens (including phenoxy) is 2. The molecule has 0 amide bonds. The molecule has 3 heteroatoms. The molecule has 0 aromatic rings. The fourth-order valence-corrected chi connectivity index (χ4v) is 1.29. The summed E-state index contributed by atoms with van der Waals surface area (Å²) >= 11 is 0. The predicted molar refractivity (Wildman–Crippen MR) is 65.2 cm³/mol. The van der Waals surface area contributed by atoms with Crippen LogP contribution in [0.2, 0.25) is 0 Å². The quantitative estimate of drug-likeness (QED) is 0.249. The van der Waals surface area contributed by atoms with Crippen LogP contribution in [-0.2, 0) is 14.3 Å². The average molecular weight is 226 g/mol. The molecular formula is C13H22O3. The molecule has 0 saturated heterocycles. The van der Waals surface area contributed by atoms with Crippen LogP contribution in [0, 0.1) is 0 Å². The molecule has 92 valence electrons. The highest BCUT2D eigenvalue weighted by molar-refractivity contribution is 5.81. The van der Waals surface area contributed by atoms with Crippen molar-refractivity contribution in [1.29, 1.82) is 0 Å². The third kappa shape index (κ3) is 8.24. The third-order valence-electron chi connectivity index (χ3n) is 2.12. The Hall–Kier alpha value is -1.09. The molecule has 0 aromatic heterocycles. The van der Waals surface area contributed by atoms with Crippen LogP contribution < -0.4 is 0 Å². The largest absolute Gasteiger partial charge is 0.457 e. The van der Waals surface area contributed by atoms with Crippen molar-refractivity contribution >= 4 is 5.97 Å². The highest BCUT2D eigenvalue weighted by Crippen LogP contribution is 2.08. The Bertz CT molecular complexity index is 211. The summed E-state index contributed by atoms with van der Waals surface area (Å²) < 4.78 is 10.5. The van der Waals surface area contributed by atoms with Gasteiger partial charge in [0.05, 0.1) is 13.2 Å². The van der Waals surface area contributed by atoms with Crippen molar-refractivity contribution in [2.45, 2.75) is 38.7 Å². The van der Waals surface area contributed by atoms with Gasteiger partial charge in [-0.2, -0.15) is 0 Å². The summed E-state index contributed by atoms with van der Waals surface area (Å²) in [6, 6.07) is 0. The van der Waals surface area contributed by atoms with Gasteiger partial charge in [0.2, 0.25) is 0 Å². The minimum atomic E-state index is -0.385. The number of hydrogen-bond donors (Lipinski definition) is 0. The van der Waals surface area contributed by atoms with Crippen molar-refractivity contribution in [3.8, 4) is 0 Å². The molecule has 0 fully saturated rings. The molecule has 0 saturated carbocycles. The number of carbonyl (C=O) groups excluding carboxylic acids is 1. The second-order valence-corrected chi connectivity index (χ2v) is 3.58. The van der Waals surface area contributed by atoms with E-state index in [0.717, 1.165) is 25.7 Å². The summed E-state index contributed by atoms with van der Waals surface area (Å²) in [7, 11) is 0. The maximum atomic E-state index is 11.1. The standard InChI is InChI=1S/C13H22O3/c1-4-7-8-9-12(11-15-10-5-2)16-13(14)6-3/h5-6,12H,2-4,7-11H2,1H3. The fourth-order valence-electron chi connectivity index (χ4n) is 1.29. The Morgan fingerprint density at radius 3 is 2.69 bits per heavy atom. The van der Waals surface area contributed by atoms with Gasteiger partial charge in [0.15, 0.2) is 0 Å². The summed E-state index contributed by atoms with van der Waals surface area (Å²) in [4.78, 5) is 11.1. The maximum Gasteiger partial charge on any atom is 0.330 e. The SMILES string of the molecule is C=CCOCC(CCCCC)OC(=O)C=C. The van der Waals surface area contributed by atoms with Gasteiger partial charge in [0.1, 0.15) is 6.10 Å². The van der Waals surface area contributed by atoms with Gasteiger partial charge in [0, 0.05) is 6.08 Å². The van der Waals surface area contributed by atoms with E-state index in [9.17, 15) is 4.79 Å². The van der Waals surface area contributed by atoms with E-state index in [1.807, 2.05) is 0 Å². The first-order valence-electron chi connectivity index (χ1n) is 5.76. The van der Waals surface area contributed by atoms with E-state index in [2.05, 4.69) is 20.1 Å². The molecule has 0 aliphatic heterocycles. The van der Waals surface area contributed by atoms with Crippen molar-refractivity contribution in [3.63, 3.8) is 0 Å². The lowest BCUT2D eigenvalue weighted by atomic mass is 10.1. The first-order valence-corrected chi connectivity index (χ1v) is 5.76. The minimum Gasteiger partial charge on any atom is -0.457 e. The Morgan fingerprint density at radius 1 is 1.38 bits per heavy atom. The second kappa shape index (κ2) is 10.4. The summed E-state index contributed by atoms with van der Waals surface area (Å²) in [5.41, 5.74) is 0. The van der Waals surface area contributed by atoms with Gasteiger partial charge in [-0.25, -0.2) is 4.79 Å². The van der Waals surface area contributed by atoms with Crippen molar-refractivity contribution in [2.75, 3.05) is 13.2 Å². The summed E-state index contributed by atoms with van der Waals surface area (Å²) in [5.74, 6) is -0.385. The first kappa shape index (κ1) is 14.9. The van der Waals surface area contributed by atoms with Gasteiger partial charge < -0.3 is 9.47 Å². The van der Waals surface area contributed by atoms with Gasteiger partial charge in [-0.15, -0.1) is 6.58 Å². The van der Waals surface area contributed by atoms with Gasteiger partial charge in [-0.05, 0) is 12.8 Å². The molecule has 0 bridgehead atoms. The Balaban J connectivity index is 3.88. The van der Waals surface area contributed by atoms with Crippen LogP contribution in [0.5, 0.6) is 0 Å². The minimum absolute atomic E-state index is 0.169. The molecule has 0 spiro atoms. The molecule has 0 N–H and O–H groups in total. The molecule has 1 unspecified atom stereocenters. The van der Waals surface area contributed by atoms with Gasteiger partial charge in [-0.1, -0.05) is 32.4 Å². The number of unbranched alkanes of at least 4 members (excludes halogenated alkanes) is 2. The van der Waals surface area contributed by atoms with E-state index in [4.69, 9.17) is 9.47 Å². The Labute approximate surface area is 98.1 Å². The Kier molecular flexibility index (Phi) is 9.72. The zero-order valence-corrected chi connectivity index (χ0v) is 10.1. The molecule has 0 aliphatic carbocycles. The maximum absolute atomic E-state index is 11.1. The first-order chi connectivity index (χ1) is 7.74. The predicted octanol–water partition coefficient (Wildman–Crippen LogP) is 2.87. The van der Waals surface area contributed by atoms with Crippen LogP contribution in [-0.4, -0.2) is 25.3 Å². The van der Waals surface area contributed by atoms with Crippen LogP contribution in [0.4, 0.5) is 0 Å². The number of carbonyl (C=O) groups is 1. The number of rotatable bonds is 10. The topological polar surface area (TPSA) is 35.5 Å². The monoisotopic (exact) mass is 226 g/mol. The lowest BCUT2D eigenvalue weighted by Gasteiger charge is -2.16. The van der Waals surface area contributed by atoms with Crippen molar-refractivity contribution in [1.82, 2.24) is 0 Å². The molecule has 0 aliphatic rings. The van der Waals surface area contributed by atoms with Gasteiger partial charge in [0.25, 0.3) is 0 Å². The highest BCUT2D eigenvalue weighted by atomic mass is 16.6. The number of esters is 1. The van der Waals surface area contributed by atoms with Crippen molar-refractivity contribution in [3.05, 3.63) is 25.3 Å². The smallest absolute Gasteiger partial charge is 0.330 e. The van der Waals surface area contributed by atoms with Crippen molar-refractivity contribution < 1.29 is 14.3 Å². The van der Waals surface area contributed by atoms with Crippen LogP contribution in [0.15, 0.2) is 25.3 Å². The average Bonchev–Trinajstić information content (AvgIpc) is 2.29. The fraction of sp³-hybridized carbons (Fsp3) is 0.615. The summed E-state index contributed by atoms with van der Waals surface area (Å²) in [6.45, 7) is 9.98. The number of hydrogen-bond acceptors (Lipinski definition) is 3. The van der Waals surface area contributed by atoms with E-state index >= 15 is 0 Å². The molecule has 1 atom stereocenters. The summed E-state index contributed by atoms with van der Waals surface area (Å²) in [5, 5.41) is 0. The third-order valence-corrected chi connectivity index (χ3v) is 2.12. The molecule has 0 rings (SSSR count). The highest BCUT2D eigenvalue weighted by Gasteiger charge is 2.12. The van der Waals surface area contributed by atoms with Crippen LogP contribution in [0.3, 0.4) is 0 Å². The van der Waals surface area contributed by atoms with Crippen LogP contribution >= 0.6 is 0 Å². The summed E-state index contributed by atoms with van der Waals surface area (Å²) in [6.07, 6.45) is 6.86. The van der Waals surface area contributed by atoms with Crippen LogP contribution in [0.25, 0.3) is 0 Å². The van der Waals surface area contributed by atoms with Gasteiger partial charge >= 0.3 is 5.97 Å². The van der Waals surface area contributed by atoms with E-state index in [1.54, 1.807) is 6.08 Å². The van der Waals surface area contributed by atoms with E-state index < -0.39 is 0 Å². The second-order valence-electron chi connectivity index (χ2n) is 3.58. The molecule has 0 radical (unpaired) electrons. The normalized spacial score (nSPS) is 11.8. The molecule has 3 nitrogen and oxygen atoms in total. The molecule has 0 heterocycles. The Morgan fingerprint density at radius 2 is 2.12 bits per heavy atom. The van der Waals surface area contributed by atoms with Crippen LogP contribution in [0.1, 0.15) is 32.6 Å². The zero-order chi connectivity index (χ0) is 12.2. The zero-order valence-electron chi connectivity index (χ0n) is 10.1. The van der Waals surface area contributed by atoms with E-state index in [1.165, 1.54) is 6.08 Å². The molecule has 0 aromatic carbocycles. The lowest BCUT2D eigenvalue weighted by molar-refractivity contribution is -0.146. The van der Waals surface area contributed by atoms with Gasteiger partial charge in [-0.3, -0.25) is 0 Å². The van der Waals surface area contributed by atoms with E-state index in [0.29, 0.717) is 13.2 Å². The van der Waals surface area contributed by atoms with Crippen molar-refractivity contribution in [2.24, 2.45) is 0 Å². The van der Waals surface area contributed by atoms with E-state index in [-0.39, 0.29) is 12.1 Å².